The van der Waals surface area contributed by atoms with Crippen molar-refractivity contribution in [3.8, 4) is 0 Å². The number of aliphatic hydroxyl groups is 4. The molecule has 0 bridgehead atoms. The molecule has 0 unspecified atom stereocenters. The summed E-state index contributed by atoms with van der Waals surface area (Å²) in [5.74, 6) is -13.9. The number of primary amides is 1. The molecular formula is C38H66N10O17. The van der Waals surface area contributed by atoms with Crippen molar-refractivity contribution in [3.63, 3.8) is 0 Å². The molecule has 0 aromatic heterocycles. The molecule has 0 spiro atoms. The molecule has 0 saturated heterocycles. The van der Waals surface area contributed by atoms with E-state index in [9.17, 15) is 78.3 Å². The van der Waals surface area contributed by atoms with E-state index in [1.807, 2.05) is 0 Å². The number of carbonyl (C=O) groups is 11. The second-order valence-electron chi connectivity index (χ2n) is 16.1. The quantitative estimate of drug-likeness (QED) is 0.0331. The van der Waals surface area contributed by atoms with Gasteiger partial charge in [-0.2, -0.15) is 0 Å². The molecule has 0 aliphatic carbocycles. The fourth-order valence-corrected chi connectivity index (χ4v) is 5.56. The van der Waals surface area contributed by atoms with Gasteiger partial charge in [-0.25, -0.2) is 4.79 Å². The van der Waals surface area contributed by atoms with Crippen molar-refractivity contribution in [1.29, 1.82) is 0 Å². The number of hydrogen-bond acceptors (Lipinski definition) is 16. The van der Waals surface area contributed by atoms with Gasteiger partial charge in [-0.1, -0.05) is 27.7 Å². The summed E-state index contributed by atoms with van der Waals surface area (Å²) in [4.78, 5) is 140. The minimum Gasteiger partial charge on any atom is -0.481 e. The van der Waals surface area contributed by atoms with Gasteiger partial charge in [0.25, 0.3) is 0 Å². The third kappa shape index (κ3) is 20.6. The molecule has 12 atom stereocenters. The molecule has 0 aliphatic heterocycles. The zero-order chi connectivity index (χ0) is 50.6. The number of amides is 9. The number of carboxylic acids is 2. The minimum atomic E-state index is -1.94. The average molecular weight is 935 g/mol. The van der Waals surface area contributed by atoms with Crippen molar-refractivity contribution in [2.75, 3.05) is 6.61 Å². The predicted molar refractivity (Wildman–Crippen MR) is 224 cm³/mol. The number of carbonyl (C=O) groups excluding carboxylic acids is 9. The Morgan fingerprint density at radius 3 is 1.20 bits per heavy atom. The molecule has 0 heterocycles. The average Bonchev–Trinajstić information content (AvgIpc) is 3.19. The van der Waals surface area contributed by atoms with E-state index in [-0.39, 0.29) is 6.42 Å². The molecule has 9 amide bonds. The first kappa shape index (κ1) is 59.0. The summed E-state index contributed by atoms with van der Waals surface area (Å²) >= 11 is 0. The van der Waals surface area contributed by atoms with Gasteiger partial charge in [0, 0.05) is 12.8 Å². The number of hydrogen-bond donors (Lipinski definition) is 16. The Labute approximate surface area is 374 Å². The molecule has 0 fully saturated rings. The highest BCUT2D eigenvalue weighted by atomic mass is 16.4. The van der Waals surface area contributed by atoms with Gasteiger partial charge in [0.15, 0.2) is 0 Å². The van der Waals surface area contributed by atoms with Crippen LogP contribution in [-0.2, 0) is 52.7 Å². The Morgan fingerprint density at radius 1 is 0.446 bits per heavy atom. The van der Waals surface area contributed by atoms with Crippen LogP contribution >= 0.6 is 0 Å². The van der Waals surface area contributed by atoms with Crippen LogP contribution in [0.5, 0.6) is 0 Å². The standard InChI is InChI=1S/C38H66N10O17/c1-14(2)26(45-31(57)20(9-11-23(39)53)42-30(56)16(5)41-34(60)25(40)17(6)50)35(61)48-29(19(8)52)37(63)44-22(13-49)33(59)47-28(18(7)51)36(62)43-21(10-12-24(54)55)32(58)46-27(15(3)4)38(64)65/h14-22,25-29,49-52H,9-13,40H2,1-8H3,(H2,39,53)(H,41,60)(H,42,56)(H,43,62)(H,44,63)(H,45,57)(H,46,58)(H,47,59)(H,48,61)(H,54,55)(H,64,65)/t16-,17+,18+,19+,20-,21-,22-,25-,26-,27-,28-,29-/m0/s1. The maximum Gasteiger partial charge on any atom is 0.326 e. The first-order chi connectivity index (χ1) is 30.0. The van der Waals surface area contributed by atoms with Gasteiger partial charge in [-0.3, -0.25) is 47.9 Å². The van der Waals surface area contributed by atoms with Gasteiger partial charge in [-0.05, 0) is 52.4 Å². The Balaban J connectivity index is 6.19. The van der Waals surface area contributed by atoms with Crippen molar-refractivity contribution in [2.24, 2.45) is 23.3 Å². The van der Waals surface area contributed by atoms with Crippen molar-refractivity contribution in [2.45, 2.75) is 154 Å². The topological polar surface area (TPSA) is 457 Å². The van der Waals surface area contributed by atoms with Gasteiger partial charge in [0.2, 0.25) is 53.2 Å². The molecular weight excluding hydrogens is 868 g/mol. The molecule has 0 radical (unpaired) electrons. The van der Waals surface area contributed by atoms with Crippen molar-refractivity contribution < 1.29 is 83.4 Å². The first-order valence-electron chi connectivity index (χ1n) is 20.5. The molecule has 0 rings (SSSR count). The summed E-state index contributed by atoms with van der Waals surface area (Å²) in [5.41, 5.74) is 10.8. The van der Waals surface area contributed by atoms with Crippen molar-refractivity contribution in [3.05, 3.63) is 0 Å². The lowest BCUT2D eigenvalue weighted by atomic mass is 10.0. The van der Waals surface area contributed by atoms with Crippen LogP contribution in [0.3, 0.4) is 0 Å². The van der Waals surface area contributed by atoms with E-state index < -0.39 is 175 Å². The van der Waals surface area contributed by atoms with Crippen LogP contribution in [0, 0.1) is 11.8 Å². The van der Waals surface area contributed by atoms with Crippen LogP contribution in [0.1, 0.15) is 81.1 Å². The lowest BCUT2D eigenvalue weighted by molar-refractivity contribution is -0.144. The molecule has 0 aromatic rings. The smallest absolute Gasteiger partial charge is 0.326 e. The second-order valence-corrected chi connectivity index (χ2v) is 16.1. The first-order valence-corrected chi connectivity index (χ1v) is 20.5. The highest BCUT2D eigenvalue weighted by Gasteiger charge is 2.37. The molecule has 370 valence electrons. The zero-order valence-corrected chi connectivity index (χ0v) is 37.4. The number of nitrogens with one attached hydrogen (secondary N) is 8. The maximum atomic E-state index is 13.6. The number of nitrogens with two attached hydrogens (primary N) is 2. The summed E-state index contributed by atoms with van der Waals surface area (Å²) in [6, 6.07) is -14.6. The van der Waals surface area contributed by atoms with E-state index in [2.05, 4.69) is 42.5 Å². The lowest BCUT2D eigenvalue weighted by Gasteiger charge is -2.29. The molecule has 27 nitrogen and oxygen atoms in total. The predicted octanol–water partition coefficient (Wildman–Crippen LogP) is -7.13. The van der Waals surface area contributed by atoms with E-state index in [0.717, 1.165) is 13.8 Å². The Kier molecular flexibility index (Phi) is 25.4. The summed E-state index contributed by atoms with van der Waals surface area (Å²) in [6.45, 7) is 9.33. The monoisotopic (exact) mass is 934 g/mol. The zero-order valence-electron chi connectivity index (χ0n) is 37.4. The van der Waals surface area contributed by atoms with Crippen LogP contribution in [0.25, 0.3) is 0 Å². The van der Waals surface area contributed by atoms with Crippen molar-refractivity contribution in [1.82, 2.24) is 42.5 Å². The largest absolute Gasteiger partial charge is 0.481 e. The molecule has 0 aliphatic rings. The van der Waals surface area contributed by atoms with E-state index in [1.54, 1.807) is 0 Å². The van der Waals surface area contributed by atoms with Gasteiger partial charge in [0.05, 0.1) is 24.9 Å². The van der Waals surface area contributed by atoms with Gasteiger partial charge in [0.1, 0.15) is 54.4 Å². The summed E-state index contributed by atoms with van der Waals surface area (Å²) in [7, 11) is 0. The Morgan fingerprint density at radius 2 is 0.815 bits per heavy atom. The van der Waals surface area contributed by atoms with E-state index in [0.29, 0.717) is 0 Å². The highest BCUT2D eigenvalue weighted by Crippen LogP contribution is 2.09. The summed E-state index contributed by atoms with van der Waals surface area (Å²) in [6.07, 6.45) is -6.73. The van der Waals surface area contributed by atoms with Crippen molar-refractivity contribution >= 4 is 65.1 Å². The molecule has 27 heteroatoms. The summed E-state index contributed by atoms with van der Waals surface area (Å²) < 4.78 is 0. The minimum absolute atomic E-state index is 0.375. The third-order valence-electron chi connectivity index (χ3n) is 9.58. The normalized spacial score (nSPS) is 16.8. The number of carboxylic acid groups (broad SMARTS) is 2. The van der Waals surface area contributed by atoms with E-state index >= 15 is 0 Å². The molecule has 18 N–H and O–H groups in total. The van der Waals surface area contributed by atoms with Crippen LogP contribution in [-0.4, -0.2) is 175 Å². The van der Waals surface area contributed by atoms with Crippen LogP contribution in [0.2, 0.25) is 0 Å². The van der Waals surface area contributed by atoms with Gasteiger partial charge in [-0.15, -0.1) is 0 Å². The fourth-order valence-electron chi connectivity index (χ4n) is 5.56. The van der Waals surface area contributed by atoms with Crippen LogP contribution in [0.4, 0.5) is 0 Å². The number of rotatable bonds is 29. The third-order valence-corrected chi connectivity index (χ3v) is 9.58. The molecule has 0 aromatic carbocycles. The number of aliphatic carboxylic acids is 2. The van der Waals surface area contributed by atoms with E-state index in [4.69, 9.17) is 16.6 Å². The molecule has 0 saturated carbocycles. The Hall–Kier alpha value is -6.03. The van der Waals surface area contributed by atoms with Gasteiger partial charge < -0.3 is 84.6 Å². The van der Waals surface area contributed by atoms with E-state index in [1.165, 1.54) is 41.5 Å². The number of aliphatic hydroxyl groups excluding tert-OH is 4. The lowest BCUT2D eigenvalue weighted by Crippen LogP contribution is -2.63. The van der Waals surface area contributed by atoms with Crippen LogP contribution < -0.4 is 54.0 Å². The Bertz CT molecular complexity index is 1710. The fraction of sp³-hybridized carbons (Fsp3) is 0.711. The van der Waals surface area contributed by atoms with Crippen LogP contribution in [0.15, 0.2) is 0 Å². The maximum absolute atomic E-state index is 13.6. The molecule has 65 heavy (non-hydrogen) atoms. The second kappa shape index (κ2) is 28.0. The van der Waals surface area contributed by atoms with Gasteiger partial charge >= 0.3 is 11.9 Å². The summed E-state index contributed by atoms with van der Waals surface area (Å²) in [5, 5.41) is 76.9. The highest BCUT2D eigenvalue weighted by molar-refractivity contribution is 5.98. The SMILES string of the molecule is CC(C)[C@H](NC(=O)[C@H](CCC(=O)O)NC(=O)[C@@H](NC(=O)[C@H](CO)NC(=O)[C@@H](NC(=O)[C@@H](NC(=O)[C@H](CCC(N)=O)NC(=O)[C@H](C)NC(=O)[C@@H](N)[C@@H](C)O)C(C)C)[C@@H](C)O)[C@@H](C)O)C(=O)O.